The lowest BCUT2D eigenvalue weighted by Crippen LogP contribution is -2.20. The van der Waals surface area contributed by atoms with Crippen LogP contribution in [0.1, 0.15) is 0 Å². The first-order valence-electron chi connectivity index (χ1n) is 4.77. The molecule has 0 N–H and O–H groups in total. The van der Waals surface area contributed by atoms with E-state index in [1.54, 1.807) is 0 Å². The Morgan fingerprint density at radius 1 is 0.842 bits per heavy atom. The lowest BCUT2D eigenvalue weighted by atomic mass is 10.3. The number of para-hydroxylation sites is 1. The van der Waals surface area contributed by atoms with E-state index in [-0.39, 0.29) is 0 Å². The Balaban J connectivity index is 2.75. The summed E-state index contributed by atoms with van der Waals surface area (Å²) in [7, 11) is 0. The van der Waals surface area contributed by atoms with Crippen molar-refractivity contribution in [3.63, 3.8) is 0 Å². The molecule has 0 aliphatic rings. The van der Waals surface area contributed by atoms with Gasteiger partial charge in [-0.3, -0.25) is 5.11 Å². The minimum Gasteiger partial charge on any atom is -0.480 e. The molecule has 0 fully saturated rings. The van der Waals surface area contributed by atoms with E-state index in [2.05, 4.69) is 9.47 Å². The van der Waals surface area contributed by atoms with Gasteiger partial charge in [-0.1, -0.05) is 6.07 Å². The normalized spacial score (nSPS) is 12.3. The summed E-state index contributed by atoms with van der Waals surface area (Å²) in [6.45, 7) is -3.43. The molecule has 1 aromatic carbocycles. The molecule has 1 rings (SSSR count). The molecule has 107 valence electrons. The SMILES string of the molecule is [O]c1c(OCC(F)(F)F)cccc1OCC(F)(F)F. The fourth-order valence-electron chi connectivity index (χ4n) is 1.04. The molecule has 0 aliphatic carbocycles. The molecule has 0 saturated carbocycles. The molecule has 1 aromatic rings. The zero-order valence-corrected chi connectivity index (χ0v) is 9.14. The van der Waals surface area contributed by atoms with Gasteiger partial charge in [0.05, 0.1) is 0 Å². The van der Waals surface area contributed by atoms with Crippen molar-refractivity contribution >= 4 is 0 Å². The standard InChI is InChI=1S/C10H7F6O3/c11-9(12,13)4-18-6-2-1-3-7(8(6)17)19-5-10(14,15)16/h1-3H,4-5H2. The highest BCUT2D eigenvalue weighted by Gasteiger charge is 2.31. The summed E-state index contributed by atoms with van der Waals surface area (Å²) in [5, 5.41) is 11.4. The average Bonchev–Trinajstić information content (AvgIpc) is 2.23. The second kappa shape index (κ2) is 5.45. The molecule has 9 heteroatoms. The maximum atomic E-state index is 11.9. The fourth-order valence-corrected chi connectivity index (χ4v) is 1.04. The van der Waals surface area contributed by atoms with Gasteiger partial charge in [-0.05, 0) is 12.1 Å². The molecule has 0 atom stereocenters. The Hall–Kier alpha value is -1.80. The minimum atomic E-state index is -4.66. The summed E-state index contributed by atoms with van der Waals surface area (Å²) in [4.78, 5) is 0. The molecular weight excluding hydrogens is 282 g/mol. The molecule has 0 amide bonds. The summed E-state index contributed by atoms with van der Waals surface area (Å²) >= 11 is 0. The van der Waals surface area contributed by atoms with E-state index in [9.17, 15) is 31.4 Å². The van der Waals surface area contributed by atoms with Gasteiger partial charge in [0.25, 0.3) is 5.75 Å². The lowest BCUT2D eigenvalue weighted by Gasteiger charge is -2.12. The molecule has 1 radical (unpaired) electrons. The molecule has 0 bridgehead atoms. The van der Waals surface area contributed by atoms with Crippen molar-refractivity contribution in [2.24, 2.45) is 0 Å². The maximum absolute atomic E-state index is 11.9. The van der Waals surface area contributed by atoms with Crippen molar-refractivity contribution in [3.8, 4) is 17.2 Å². The first-order chi connectivity index (χ1) is 8.58. The number of rotatable bonds is 4. The topological polar surface area (TPSA) is 38.4 Å². The lowest BCUT2D eigenvalue weighted by molar-refractivity contribution is -0.154. The van der Waals surface area contributed by atoms with Crippen LogP contribution < -0.4 is 9.47 Å². The van der Waals surface area contributed by atoms with E-state index in [0.29, 0.717) is 0 Å². The van der Waals surface area contributed by atoms with E-state index >= 15 is 0 Å². The Labute approximate surface area is 103 Å². The second-order valence-corrected chi connectivity index (χ2v) is 3.39. The highest BCUT2D eigenvalue weighted by atomic mass is 19.4. The number of hydrogen-bond acceptors (Lipinski definition) is 2. The number of halogens is 6. The van der Waals surface area contributed by atoms with Gasteiger partial charge in [-0.25, -0.2) is 0 Å². The van der Waals surface area contributed by atoms with Gasteiger partial charge < -0.3 is 9.47 Å². The van der Waals surface area contributed by atoms with E-state index < -0.39 is 42.8 Å². The summed E-state index contributed by atoms with van der Waals surface area (Å²) < 4.78 is 79.6. The molecule has 0 saturated heterocycles. The van der Waals surface area contributed by atoms with Gasteiger partial charge in [0, 0.05) is 0 Å². The van der Waals surface area contributed by atoms with Gasteiger partial charge in [-0.15, -0.1) is 0 Å². The molecule has 3 nitrogen and oxygen atoms in total. The third-order valence-electron chi connectivity index (χ3n) is 1.73. The predicted octanol–water partition coefficient (Wildman–Crippen LogP) is 3.71. The number of ether oxygens (including phenoxy) is 2. The maximum Gasteiger partial charge on any atom is 0.422 e. The van der Waals surface area contributed by atoms with Crippen molar-refractivity contribution in [2.45, 2.75) is 12.4 Å². The fraction of sp³-hybridized carbons (Fsp3) is 0.400. The molecule has 0 heterocycles. The van der Waals surface area contributed by atoms with Gasteiger partial charge >= 0.3 is 12.4 Å². The van der Waals surface area contributed by atoms with Gasteiger partial charge in [0.2, 0.25) is 0 Å². The molecular formula is C10H7F6O3. The van der Waals surface area contributed by atoms with Crippen molar-refractivity contribution < 1.29 is 40.9 Å². The van der Waals surface area contributed by atoms with E-state index in [0.717, 1.165) is 18.2 Å². The monoisotopic (exact) mass is 289 g/mol. The third kappa shape index (κ3) is 5.58. The molecule has 0 aliphatic heterocycles. The van der Waals surface area contributed by atoms with Crippen LogP contribution in [-0.4, -0.2) is 25.6 Å². The van der Waals surface area contributed by atoms with Gasteiger partial charge in [-0.2, -0.15) is 26.3 Å². The van der Waals surface area contributed by atoms with Crippen LogP contribution in [0, 0.1) is 0 Å². The molecule has 19 heavy (non-hydrogen) atoms. The van der Waals surface area contributed by atoms with Crippen LogP contribution in [-0.2, 0) is 5.11 Å². The number of alkyl halides is 6. The third-order valence-corrected chi connectivity index (χ3v) is 1.73. The molecule has 0 spiro atoms. The van der Waals surface area contributed by atoms with Crippen LogP contribution in [0.3, 0.4) is 0 Å². The Kier molecular flexibility index (Phi) is 4.38. The largest absolute Gasteiger partial charge is 0.480 e. The smallest absolute Gasteiger partial charge is 0.422 e. The first kappa shape index (κ1) is 15.3. The quantitative estimate of drug-likeness (QED) is 0.792. The predicted molar refractivity (Wildman–Crippen MR) is 49.7 cm³/mol. The van der Waals surface area contributed by atoms with Gasteiger partial charge in [0.15, 0.2) is 24.7 Å². The van der Waals surface area contributed by atoms with E-state index in [1.807, 2.05) is 0 Å². The van der Waals surface area contributed by atoms with Crippen LogP contribution in [0.25, 0.3) is 0 Å². The van der Waals surface area contributed by atoms with Crippen LogP contribution >= 0.6 is 0 Å². The summed E-state index contributed by atoms with van der Waals surface area (Å²) in [5.74, 6) is -2.62. The summed E-state index contributed by atoms with van der Waals surface area (Å²) in [6.07, 6.45) is -9.31. The van der Waals surface area contributed by atoms with Crippen LogP contribution in [0.5, 0.6) is 17.2 Å². The van der Waals surface area contributed by atoms with Crippen LogP contribution in [0.2, 0.25) is 0 Å². The molecule has 0 unspecified atom stereocenters. The highest BCUT2D eigenvalue weighted by molar-refractivity contribution is 5.49. The molecule has 0 aromatic heterocycles. The van der Waals surface area contributed by atoms with E-state index in [4.69, 9.17) is 0 Å². The van der Waals surface area contributed by atoms with Crippen LogP contribution in [0.15, 0.2) is 18.2 Å². The minimum absolute atomic E-state index is 0.725. The summed E-state index contributed by atoms with van der Waals surface area (Å²) in [6, 6.07) is 2.88. The highest BCUT2D eigenvalue weighted by Crippen LogP contribution is 2.37. The number of hydrogen-bond donors (Lipinski definition) is 0. The van der Waals surface area contributed by atoms with Crippen molar-refractivity contribution in [3.05, 3.63) is 18.2 Å². The Morgan fingerprint density at radius 2 is 1.21 bits per heavy atom. The Bertz CT molecular complexity index is 390. The van der Waals surface area contributed by atoms with Crippen LogP contribution in [0.4, 0.5) is 26.3 Å². The van der Waals surface area contributed by atoms with Gasteiger partial charge in [0.1, 0.15) is 0 Å². The average molecular weight is 289 g/mol. The van der Waals surface area contributed by atoms with Crippen molar-refractivity contribution in [1.82, 2.24) is 0 Å². The van der Waals surface area contributed by atoms with E-state index in [1.165, 1.54) is 0 Å². The number of benzene rings is 1. The first-order valence-corrected chi connectivity index (χ1v) is 4.77. The van der Waals surface area contributed by atoms with Crippen molar-refractivity contribution in [1.29, 1.82) is 0 Å². The second-order valence-electron chi connectivity index (χ2n) is 3.39. The van der Waals surface area contributed by atoms with Crippen molar-refractivity contribution in [2.75, 3.05) is 13.2 Å². The zero-order valence-electron chi connectivity index (χ0n) is 9.14. The Morgan fingerprint density at radius 3 is 1.53 bits per heavy atom. The summed E-state index contributed by atoms with van der Waals surface area (Å²) in [5.41, 5.74) is 0. The zero-order chi connectivity index (χ0) is 14.7.